The van der Waals surface area contributed by atoms with Crippen LogP contribution in [0.3, 0.4) is 0 Å². The van der Waals surface area contributed by atoms with Gasteiger partial charge in [-0.25, -0.2) is 4.39 Å². The van der Waals surface area contributed by atoms with E-state index in [1.807, 2.05) is 19.2 Å². The number of methoxy groups -OCH3 is 1. The van der Waals surface area contributed by atoms with E-state index in [4.69, 9.17) is 4.74 Å². The number of aryl methyl sites for hydroxylation is 1. The van der Waals surface area contributed by atoms with Crippen molar-refractivity contribution in [2.24, 2.45) is 0 Å². The van der Waals surface area contributed by atoms with Crippen molar-refractivity contribution in [1.29, 1.82) is 0 Å². The second-order valence-corrected chi connectivity index (χ2v) is 3.44. The zero-order chi connectivity index (χ0) is 10.8. The second kappa shape index (κ2) is 3.77. The minimum atomic E-state index is -0.281. The van der Waals surface area contributed by atoms with Crippen molar-refractivity contribution in [2.45, 2.75) is 6.92 Å². The highest BCUT2D eigenvalue weighted by molar-refractivity contribution is 5.62. The minimum Gasteiger partial charge on any atom is -0.497 e. The molecular weight excluding hydrogens is 193 g/mol. The standard InChI is InChI=1S/C12H12FNO/c1-8-5-12(14-7-8)10-4-3-9(15-2)6-11(10)13/h3-7,14H,1-2H3. The van der Waals surface area contributed by atoms with Gasteiger partial charge in [0, 0.05) is 23.5 Å². The summed E-state index contributed by atoms with van der Waals surface area (Å²) in [5, 5.41) is 0. The van der Waals surface area contributed by atoms with Gasteiger partial charge in [0.15, 0.2) is 0 Å². The van der Waals surface area contributed by atoms with Gasteiger partial charge in [-0.3, -0.25) is 0 Å². The van der Waals surface area contributed by atoms with Crippen LogP contribution in [-0.4, -0.2) is 12.1 Å². The SMILES string of the molecule is COc1ccc(-c2cc(C)c[nH]2)c(F)c1. The number of hydrogen-bond acceptors (Lipinski definition) is 1. The third kappa shape index (κ3) is 1.86. The fourth-order valence-corrected chi connectivity index (χ4v) is 1.50. The van der Waals surface area contributed by atoms with Gasteiger partial charge in [-0.2, -0.15) is 0 Å². The summed E-state index contributed by atoms with van der Waals surface area (Å²) in [6.45, 7) is 1.96. The summed E-state index contributed by atoms with van der Waals surface area (Å²) in [6.07, 6.45) is 1.85. The fraction of sp³-hybridized carbons (Fsp3) is 0.167. The van der Waals surface area contributed by atoms with E-state index in [1.165, 1.54) is 13.2 Å². The Hall–Kier alpha value is -1.77. The van der Waals surface area contributed by atoms with Gasteiger partial charge in [-0.05, 0) is 30.7 Å². The summed E-state index contributed by atoms with van der Waals surface area (Å²) in [6, 6.07) is 6.74. The number of aromatic amines is 1. The van der Waals surface area contributed by atoms with Crippen LogP contribution in [0.25, 0.3) is 11.3 Å². The van der Waals surface area contributed by atoms with Gasteiger partial charge in [0.1, 0.15) is 11.6 Å². The van der Waals surface area contributed by atoms with E-state index < -0.39 is 0 Å². The highest BCUT2D eigenvalue weighted by Crippen LogP contribution is 2.25. The molecule has 1 aromatic carbocycles. The first kappa shape index (κ1) is 9.77. The van der Waals surface area contributed by atoms with Gasteiger partial charge in [-0.15, -0.1) is 0 Å². The molecule has 0 aliphatic carbocycles. The van der Waals surface area contributed by atoms with E-state index in [2.05, 4.69) is 4.98 Å². The van der Waals surface area contributed by atoms with E-state index >= 15 is 0 Å². The molecule has 0 amide bonds. The molecule has 0 aliphatic heterocycles. The lowest BCUT2D eigenvalue weighted by Gasteiger charge is -2.03. The first-order valence-electron chi connectivity index (χ1n) is 4.69. The molecule has 0 aliphatic rings. The predicted octanol–water partition coefficient (Wildman–Crippen LogP) is 3.14. The molecule has 1 heterocycles. The second-order valence-electron chi connectivity index (χ2n) is 3.44. The zero-order valence-electron chi connectivity index (χ0n) is 8.67. The van der Waals surface area contributed by atoms with Crippen LogP contribution in [0.15, 0.2) is 30.5 Å². The highest BCUT2D eigenvalue weighted by Gasteiger charge is 2.07. The summed E-state index contributed by atoms with van der Waals surface area (Å²) in [5.41, 5.74) is 2.43. The largest absolute Gasteiger partial charge is 0.497 e. The fourth-order valence-electron chi connectivity index (χ4n) is 1.50. The van der Waals surface area contributed by atoms with Crippen molar-refractivity contribution in [3.8, 4) is 17.0 Å². The maximum absolute atomic E-state index is 13.6. The molecular formula is C12H12FNO. The molecule has 2 nitrogen and oxygen atoms in total. The predicted molar refractivity (Wildman–Crippen MR) is 57.5 cm³/mol. The van der Waals surface area contributed by atoms with Crippen LogP contribution in [-0.2, 0) is 0 Å². The van der Waals surface area contributed by atoms with Crippen molar-refractivity contribution in [2.75, 3.05) is 7.11 Å². The smallest absolute Gasteiger partial charge is 0.136 e. The Bertz CT molecular complexity index is 476. The van der Waals surface area contributed by atoms with E-state index in [1.54, 1.807) is 12.1 Å². The quantitative estimate of drug-likeness (QED) is 0.800. The number of hydrogen-bond donors (Lipinski definition) is 1. The summed E-state index contributed by atoms with van der Waals surface area (Å²) >= 11 is 0. The van der Waals surface area contributed by atoms with Gasteiger partial charge in [-0.1, -0.05) is 0 Å². The monoisotopic (exact) mass is 205 g/mol. The average Bonchev–Trinajstić information content (AvgIpc) is 2.64. The van der Waals surface area contributed by atoms with E-state index in [9.17, 15) is 4.39 Å². The van der Waals surface area contributed by atoms with Crippen LogP contribution >= 0.6 is 0 Å². The number of benzene rings is 1. The molecule has 0 bridgehead atoms. The van der Waals surface area contributed by atoms with Crippen LogP contribution in [0.4, 0.5) is 4.39 Å². The van der Waals surface area contributed by atoms with Crippen molar-refractivity contribution in [3.05, 3.63) is 41.8 Å². The van der Waals surface area contributed by atoms with Crippen LogP contribution in [0.5, 0.6) is 5.75 Å². The Kier molecular flexibility index (Phi) is 2.46. The Labute approximate surface area is 87.7 Å². The van der Waals surface area contributed by atoms with E-state index in [0.717, 1.165) is 11.3 Å². The Morgan fingerprint density at radius 2 is 2.07 bits per heavy atom. The molecule has 0 fully saturated rings. The van der Waals surface area contributed by atoms with Crippen molar-refractivity contribution < 1.29 is 9.13 Å². The van der Waals surface area contributed by atoms with E-state index in [0.29, 0.717) is 11.3 Å². The lowest BCUT2D eigenvalue weighted by molar-refractivity contribution is 0.411. The van der Waals surface area contributed by atoms with Crippen LogP contribution in [0, 0.1) is 12.7 Å². The molecule has 1 aromatic heterocycles. The first-order chi connectivity index (χ1) is 7.20. The Morgan fingerprint density at radius 1 is 1.27 bits per heavy atom. The number of aromatic nitrogens is 1. The van der Waals surface area contributed by atoms with Crippen LogP contribution < -0.4 is 4.74 Å². The number of ether oxygens (including phenoxy) is 1. The summed E-state index contributed by atoms with van der Waals surface area (Å²) in [5.74, 6) is 0.246. The lowest BCUT2D eigenvalue weighted by Crippen LogP contribution is -1.87. The summed E-state index contributed by atoms with van der Waals surface area (Å²) < 4.78 is 18.6. The van der Waals surface area contributed by atoms with Gasteiger partial charge >= 0.3 is 0 Å². The van der Waals surface area contributed by atoms with Gasteiger partial charge in [0.25, 0.3) is 0 Å². The molecule has 0 saturated heterocycles. The van der Waals surface area contributed by atoms with Crippen LogP contribution in [0.1, 0.15) is 5.56 Å². The topological polar surface area (TPSA) is 25.0 Å². The maximum atomic E-state index is 13.6. The van der Waals surface area contributed by atoms with Crippen molar-refractivity contribution in [1.82, 2.24) is 4.98 Å². The number of rotatable bonds is 2. The lowest BCUT2D eigenvalue weighted by atomic mass is 10.1. The molecule has 0 atom stereocenters. The molecule has 0 unspecified atom stereocenters. The number of nitrogens with one attached hydrogen (secondary N) is 1. The first-order valence-corrected chi connectivity index (χ1v) is 4.69. The Morgan fingerprint density at radius 3 is 2.60 bits per heavy atom. The summed E-state index contributed by atoms with van der Waals surface area (Å²) in [7, 11) is 1.52. The van der Waals surface area contributed by atoms with Crippen molar-refractivity contribution in [3.63, 3.8) is 0 Å². The average molecular weight is 205 g/mol. The van der Waals surface area contributed by atoms with E-state index in [-0.39, 0.29) is 5.82 Å². The Balaban J connectivity index is 2.45. The van der Waals surface area contributed by atoms with Gasteiger partial charge in [0.05, 0.1) is 7.11 Å². The molecule has 0 saturated carbocycles. The number of halogens is 1. The number of H-pyrrole nitrogens is 1. The van der Waals surface area contributed by atoms with Crippen molar-refractivity contribution >= 4 is 0 Å². The third-order valence-corrected chi connectivity index (χ3v) is 2.29. The molecule has 2 rings (SSSR count). The normalized spacial score (nSPS) is 10.3. The molecule has 3 heteroatoms. The minimum absolute atomic E-state index is 0.281. The molecule has 0 spiro atoms. The summed E-state index contributed by atoms with van der Waals surface area (Å²) in [4.78, 5) is 3.02. The molecule has 2 aromatic rings. The zero-order valence-corrected chi connectivity index (χ0v) is 8.67. The molecule has 1 N–H and O–H groups in total. The van der Waals surface area contributed by atoms with Crippen LogP contribution in [0.2, 0.25) is 0 Å². The maximum Gasteiger partial charge on any atom is 0.136 e. The van der Waals surface area contributed by atoms with Gasteiger partial charge in [0.2, 0.25) is 0 Å². The third-order valence-electron chi connectivity index (χ3n) is 2.29. The highest BCUT2D eigenvalue weighted by atomic mass is 19.1. The molecule has 78 valence electrons. The molecule has 0 radical (unpaired) electrons. The van der Waals surface area contributed by atoms with Gasteiger partial charge < -0.3 is 9.72 Å². The molecule has 15 heavy (non-hydrogen) atoms.